The van der Waals surface area contributed by atoms with Gasteiger partial charge in [0.2, 0.25) is 0 Å². The molecule has 64 valence electrons. The van der Waals surface area contributed by atoms with E-state index in [4.69, 9.17) is 0 Å². The van der Waals surface area contributed by atoms with E-state index in [1.165, 1.54) is 0 Å². The first kappa shape index (κ1) is 9.44. The van der Waals surface area contributed by atoms with Crippen molar-refractivity contribution in [1.82, 2.24) is 10.2 Å². The van der Waals surface area contributed by atoms with Gasteiger partial charge in [0.25, 0.3) is 0 Å². The van der Waals surface area contributed by atoms with E-state index in [2.05, 4.69) is 44.7 Å². The van der Waals surface area contributed by atoms with Crippen LogP contribution in [0.5, 0.6) is 0 Å². The molecule has 3 nitrogen and oxygen atoms in total. The number of hydrogen-bond acceptors (Lipinski definition) is 3. The Morgan fingerprint density at radius 2 is 2.33 bits per heavy atom. The molecular formula is C8H10IN3. The fourth-order valence-corrected chi connectivity index (χ4v) is 0.939. The first-order valence-electron chi connectivity index (χ1n) is 3.56. The predicted octanol–water partition coefficient (Wildman–Crippen LogP) is 2.07. The van der Waals surface area contributed by atoms with E-state index in [0.717, 1.165) is 21.6 Å². The second kappa shape index (κ2) is 4.39. The zero-order valence-corrected chi connectivity index (χ0v) is 9.00. The molecule has 0 amide bonds. The summed E-state index contributed by atoms with van der Waals surface area (Å²) in [5, 5.41) is 10.9. The van der Waals surface area contributed by atoms with E-state index in [1.54, 1.807) is 0 Å². The largest absolute Gasteiger partial charge is 0.365 e. The molecular weight excluding hydrogens is 265 g/mol. The van der Waals surface area contributed by atoms with Gasteiger partial charge in [-0.25, -0.2) is 0 Å². The minimum absolute atomic E-state index is 0.745. The van der Waals surface area contributed by atoms with Gasteiger partial charge < -0.3 is 5.32 Å². The minimum atomic E-state index is 0.745. The maximum Gasteiger partial charge on any atom is 0.148 e. The molecule has 0 aromatic carbocycles. The van der Waals surface area contributed by atoms with Gasteiger partial charge in [0, 0.05) is 6.54 Å². The SMILES string of the molecule is C=C(C)CNc1ccc(I)nn1. The summed E-state index contributed by atoms with van der Waals surface area (Å²) in [6.07, 6.45) is 0. The zero-order chi connectivity index (χ0) is 8.97. The normalized spacial score (nSPS) is 9.50. The van der Waals surface area contributed by atoms with Crippen LogP contribution in [0.25, 0.3) is 0 Å². The van der Waals surface area contributed by atoms with Crippen molar-refractivity contribution >= 4 is 28.4 Å². The van der Waals surface area contributed by atoms with Crippen molar-refractivity contribution in [1.29, 1.82) is 0 Å². The number of rotatable bonds is 3. The zero-order valence-electron chi connectivity index (χ0n) is 6.84. The van der Waals surface area contributed by atoms with Crippen molar-refractivity contribution in [3.8, 4) is 0 Å². The summed E-state index contributed by atoms with van der Waals surface area (Å²) in [7, 11) is 0. The highest BCUT2D eigenvalue weighted by Crippen LogP contribution is 2.03. The Morgan fingerprint density at radius 3 is 2.83 bits per heavy atom. The van der Waals surface area contributed by atoms with Crippen molar-refractivity contribution in [3.05, 3.63) is 28.0 Å². The van der Waals surface area contributed by atoms with Gasteiger partial charge in [-0.3, -0.25) is 0 Å². The van der Waals surface area contributed by atoms with Crippen LogP contribution < -0.4 is 5.32 Å². The average molecular weight is 275 g/mol. The Kier molecular flexibility index (Phi) is 3.46. The third kappa shape index (κ3) is 3.17. The van der Waals surface area contributed by atoms with Gasteiger partial charge in [-0.15, -0.1) is 10.2 Å². The smallest absolute Gasteiger partial charge is 0.148 e. The lowest BCUT2D eigenvalue weighted by molar-refractivity contribution is 0.991. The number of halogens is 1. The van der Waals surface area contributed by atoms with Gasteiger partial charge >= 0.3 is 0 Å². The molecule has 0 aliphatic carbocycles. The van der Waals surface area contributed by atoms with Crippen LogP contribution in [-0.4, -0.2) is 16.7 Å². The van der Waals surface area contributed by atoms with Crippen LogP contribution in [0.2, 0.25) is 0 Å². The van der Waals surface area contributed by atoms with E-state index in [-0.39, 0.29) is 0 Å². The van der Waals surface area contributed by atoms with Crippen molar-refractivity contribution < 1.29 is 0 Å². The van der Waals surface area contributed by atoms with Crippen LogP contribution >= 0.6 is 22.6 Å². The molecule has 0 fully saturated rings. The fraction of sp³-hybridized carbons (Fsp3) is 0.250. The average Bonchev–Trinajstić information content (AvgIpc) is 2.03. The van der Waals surface area contributed by atoms with Gasteiger partial charge in [-0.05, 0) is 41.6 Å². The summed E-state index contributed by atoms with van der Waals surface area (Å²) in [6, 6.07) is 3.81. The summed E-state index contributed by atoms with van der Waals surface area (Å²) < 4.78 is 0.897. The molecule has 1 aromatic rings. The highest BCUT2D eigenvalue weighted by molar-refractivity contribution is 14.1. The molecule has 1 heterocycles. The number of nitrogens with zero attached hydrogens (tertiary/aromatic N) is 2. The molecule has 0 radical (unpaired) electrons. The molecule has 0 unspecified atom stereocenters. The summed E-state index contributed by atoms with van der Waals surface area (Å²) in [6.45, 7) is 6.49. The van der Waals surface area contributed by atoms with Crippen LogP contribution in [0.1, 0.15) is 6.92 Å². The molecule has 1 rings (SSSR count). The Balaban J connectivity index is 2.53. The lowest BCUT2D eigenvalue weighted by Crippen LogP contribution is -2.04. The summed E-state index contributed by atoms with van der Waals surface area (Å²) >= 11 is 2.12. The fourth-order valence-electron chi connectivity index (χ4n) is 0.652. The van der Waals surface area contributed by atoms with Gasteiger partial charge in [-0.2, -0.15) is 0 Å². The second-order valence-electron chi connectivity index (χ2n) is 2.55. The van der Waals surface area contributed by atoms with Gasteiger partial charge in [0.1, 0.15) is 9.52 Å². The van der Waals surface area contributed by atoms with E-state index in [1.807, 2.05) is 19.1 Å². The Labute approximate surface area is 85.4 Å². The first-order chi connectivity index (χ1) is 5.68. The third-order valence-corrected chi connectivity index (χ3v) is 1.78. The highest BCUT2D eigenvalue weighted by atomic mass is 127. The number of anilines is 1. The van der Waals surface area contributed by atoms with Gasteiger partial charge in [0.15, 0.2) is 0 Å². The maximum atomic E-state index is 3.94. The number of hydrogen-bond donors (Lipinski definition) is 1. The Morgan fingerprint density at radius 1 is 1.58 bits per heavy atom. The monoisotopic (exact) mass is 275 g/mol. The minimum Gasteiger partial charge on any atom is -0.365 e. The molecule has 0 bridgehead atoms. The van der Waals surface area contributed by atoms with Gasteiger partial charge in [-0.1, -0.05) is 12.2 Å². The van der Waals surface area contributed by atoms with Crippen LogP contribution in [0.4, 0.5) is 5.82 Å². The van der Waals surface area contributed by atoms with E-state index >= 15 is 0 Å². The summed E-state index contributed by atoms with van der Waals surface area (Å²) in [4.78, 5) is 0. The predicted molar refractivity (Wildman–Crippen MR) is 58.1 cm³/mol. The molecule has 12 heavy (non-hydrogen) atoms. The molecule has 0 saturated carbocycles. The molecule has 0 atom stereocenters. The van der Waals surface area contributed by atoms with E-state index in [0.29, 0.717) is 0 Å². The molecule has 0 spiro atoms. The van der Waals surface area contributed by atoms with Crippen molar-refractivity contribution in [2.75, 3.05) is 11.9 Å². The Bertz CT molecular complexity index is 268. The topological polar surface area (TPSA) is 37.8 Å². The van der Waals surface area contributed by atoms with Crippen molar-refractivity contribution in [2.45, 2.75) is 6.92 Å². The van der Waals surface area contributed by atoms with Crippen molar-refractivity contribution in [3.63, 3.8) is 0 Å². The standard InChI is InChI=1S/C8H10IN3/c1-6(2)5-10-8-4-3-7(9)11-12-8/h3-4H,1,5H2,2H3,(H,10,12). The van der Waals surface area contributed by atoms with Gasteiger partial charge in [0.05, 0.1) is 0 Å². The van der Waals surface area contributed by atoms with Crippen LogP contribution in [0.15, 0.2) is 24.3 Å². The molecule has 0 aliphatic heterocycles. The van der Waals surface area contributed by atoms with E-state index in [9.17, 15) is 0 Å². The molecule has 1 aromatic heterocycles. The van der Waals surface area contributed by atoms with Crippen LogP contribution in [0, 0.1) is 3.70 Å². The third-order valence-electron chi connectivity index (χ3n) is 1.20. The number of aromatic nitrogens is 2. The molecule has 1 N–H and O–H groups in total. The lowest BCUT2D eigenvalue weighted by atomic mass is 10.3. The summed E-state index contributed by atoms with van der Waals surface area (Å²) in [5.74, 6) is 0.790. The lowest BCUT2D eigenvalue weighted by Gasteiger charge is -2.02. The molecule has 0 aliphatic rings. The maximum absolute atomic E-state index is 3.94. The second-order valence-corrected chi connectivity index (χ2v) is 3.66. The van der Waals surface area contributed by atoms with E-state index < -0.39 is 0 Å². The number of nitrogens with one attached hydrogen (secondary N) is 1. The molecule has 4 heteroatoms. The van der Waals surface area contributed by atoms with Crippen LogP contribution in [0.3, 0.4) is 0 Å². The Hall–Kier alpha value is -0.650. The quantitative estimate of drug-likeness (QED) is 0.678. The highest BCUT2D eigenvalue weighted by Gasteiger charge is 1.93. The first-order valence-corrected chi connectivity index (χ1v) is 4.64. The van der Waals surface area contributed by atoms with Crippen LogP contribution in [-0.2, 0) is 0 Å². The molecule has 0 saturated heterocycles. The summed E-state index contributed by atoms with van der Waals surface area (Å²) in [5.41, 5.74) is 1.08. The van der Waals surface area contributed by atoms with Crippen molar-refractivity contribution in [2.24, 2.45) is 0 Å².